The van der Waals surface area contributed by atoms with Gasteiger partial charge >= 0.3 is 0 Å². The molecule has 4 nitrogen and oxygen atoms in total. The van der Waals surface area contributed by atoms with E-state index in [4.69, 9.17) is 11.6 Å². The van der Waals surface area contributed by atoms with Gasteiger partial charge in [0.25, 0.3) is 0 Å². The van der Waals surface area contributed by atoms with Crippen LogP contribution in [0.3, 0.4) is 0 Å². The molecule has 1 atom stereocenters. The summed E-state index contributed by atoms with van der Waals surface area (Å²) >= 11 is 7.75. The van der Waals surface area contributed by atoms with Gasteiger partial charge in [-0.2, -0.15) is 0 Å². The first-order valence-corrected chi connectivity index (χ1v) is 12.4. The van der Waals surface area contributed by atoms with Crippen LogP contribution in [0.15, 0.2) is 78.9 Å². The number of amides is 2. The van der Waals surface area contributed by atoms with E-state index in [9.17, 15) is 9.59 Å². The van der Waals surface area contributed by atoms with Gasteiger partial charge in [0.2, 0.25) is 11.8 Å². The second kappa shape index (κ2) is 12.5. The van der Waals surface area contributed by atoms with Gasteiger partial charge in [-0.15, -0.1) is 11.8 Å². The van der Waals surface area contributed by atoms with Crippen LogP contribution < -0.4 is 5.32 Å². The molecule has 0 spiro atoms. The summed E-state index contributed by atoms with van der Waals surface area (Å²) in [7, 11) is 1.61. The Balaban J connectivity index is 1.81. The summed E-state index contributed by atoms with van der Waals surface area (Å²) in [5.41, 5.74) is 4.31. The van der Waals surface area contributed by atoms with Crippen LogP contribution in [-0.2, 0) is 28.3 Å². The fraction of sp³-hybridized carbons (Fsp3) is 0.259. The highest BCUT2D eigenvalue weighted by molar-refractivity contribution is 7.99. The van der Waals surface area contributed by atoms with E-state index in [1.807, 2.05) is 60.7 Å². The maximum Gasteiger partial charge on any atom is 0.242 e. The number of carbonyl (C=O) groups is 2. The van der Waals surface area contributed by atoms with E-state index < -0.39 is 6.04 Å². The van der Waals surface area contributed by atoms with Gasteiger partial charge in [-0.25, -0.2) is 0 Å². The van der Waals surface area contributed by atoms with Crippen LogP contribution in [0.1, 0.15) is 22.3 Å². The first-order valence-electron chi connectivity index (χ1n) is 10.9. The van der Waals surface area contributed by atoms with Crippen molar-refractivity contribution in [1.82, 2.24) is 10.2 Å². The number of aryl methyl sites for hydroxylation is 1. The molecular weight excluding hydrogens is 452 g/mol. The minimum absolute atomic E-state index is 0.0712. The van der Waals surface area contributed by atoms with Crippen LogP contribution in [0, 0.1) is 6.92 Å². The largest absolute Gasteiger partial charge is 0.357 e. The molecule has 0 unspecified atom stereocenters. The Bertz CT molecular complexity index is 1070. The Morgan fingerprint density at radius 1 is 0.970 bits per heavy atom. The summed E-state index contributed by atoms with van der Waals surface area (Å²) in [5.74, 6) is 0.778. The van der Waals surface area contributed by atoms with Crippen LogP contribution >= 0.6 is 23.4 Å². The lowest BCUT2D eigenvalue weighted by atomic mass is 10.0. The summed E-state index contributed by atoms with van der Waals surface area (Å²) in [4.78, 5) is 28.1. The highest BCUT2D eigenvalue weighted by atomic mass is 35.5. The zero-order valence-electron chi connectivity index (χ0n) is 19.0. The molecule has 2 amide bonds. The SMILES string of the molecule is CNC(=O)[C@H](Cc1ccccc1)N(Cc1cccc(Cl)c1)C(=O)CSCc1ccccc1C. The summed E-state index contributed by atoms with van der Waals surface area (Å²) in [6.07, 6.45) is 0.440. The number of hydrogen-bond donors (Lipinski definition) is 1. The van der Waals surface area contributed by atoms with E-state index in [0.717, 1.165) is 16.9 Å². The average Bonchev–Trinajstić information content (AvgIpc) is 2.82. The number of benzene rings is 3. The summed E-state index contributed by atoms with van der Waals surface area (Å²) < 4.78 is 0. The predicted molar refractivity (Wildman–Crippen MR) is 137 cm³/mol. The molecule has 0 saturated carbocycles. The number of nitrogens with zero attached hydrogens (tertiary/aromatic N) is 1. The van der Waals surface area contributed by atoms with Crippen molar-refractivity contribution in [2.24, 2.45) is 0 Å². The second-order valence-corrected chi connectivity index (χ2v) is 9.31. The van der Waals surface area contributed by atoms with Gasteiger partial charge < -0.3 is 10.2 Å². The normalized spacial score (nSPS) is 11.6. The Labute approximate surface area is 205 Å². The van der Waals surface area contributed by atoms with Gasteiger partial charge in [-0.1, -0.05) is 78.3 Å². The maximum absolute atomic E-state index is 13.5. The first kappa shape index (κ1) is 24.9. The lowest BCUT2D eigenvalue weighted by Crippen LogP contribution is -2.50. The molecule has 1 N–H and O–H groups in total. The van der Waals surface area contributed by atoms with Crippen molar-refractivity contribution >= 4 is 35.2 Å². The third-order valence-electron chi connectivity index (χ3n) is 5.50. The van der Waals surface area contributed by atoms with Crippen LogP contribution in [0.25, 0.3) is 0 Å². The van der Waals surface area contributed by atoms with Crippen molar-refractivity contribution in [2.45, 2.75) is 31.7 Å². The van der Waals surface area contributed by atoms with Crippen LogP contribution in [-0.4, -0.2) is 35.6 Å². The van der Waals surface area contributed by atoms with Gasteiger partial charge in [0, 0.05) is 30.8 Å². The summed E-state index contributed by atoms with van der Waals surface area (Å²) in [5, 5.41) is 3.35. The minimum Gasteiger partial charge on any atom is -0.357 e. The highest BCUT2D eigenvalue weighted by Gasteiger charge is 2.29. The number of likely N-dealkylation sites (N-methyl/N-ethyl adjacent to an activating group) is 1. The fourth-order valence-electron chi connectivity index (χ4n) is 3.66. The first-order chi connectivity index (χ1) is 16.0. The summed E-state index contributed by atoms with van der Waals surface area (Å²) in [6, 6.07) is 24.8. The van der Waals surface area contributed by atoms with Gasteiger partial charge in [0.05, 0.1) is 5.75 Å². The molecule has 0 aliphatic carbocycles. The van der Waals surface area contributed by atoms with Crippen molar-refractivity contribution in [2.75, 3.05) is 12.8 Å². The molecule has 0 bridgehead atoms. The Morgan fingerprint density at radius 3 is 2.36 bits per heavy atom. The molecule has 172 valence electrons. The molecule has 0 heterocycles. The lowest BCUT2D eigenvalue weighted by Gasteiger charge is -2.31. The zero-order valence-corrected chi connectivity index (χ0v) is 20.5. The molecule has 3 aromatic rings. The van der Waals surface area contributed by atoms with Gasteiger partial charge in [0.1, 0.15) is 6.04 Å². The molecular formula is C27H29ClN2O2S. The van der Waals surface area contributed by atoms with Crippen molar-refractivity contribution < 1.29 is 9.59 Å². The molecule has 3 rings (SSSR count). The minimum atomic E-state index is -0.622. The van der Waals surface area contributed by atoms with E-state index in [2.05, 4.69) is 24.4 Å². The van der Waals surface area contributed by atoms with E-state index in [-0.39, 0.29) is 17.6 Å². The van der Waals surface area contributed by atoms with Crippen LogP contribution in [0.4, 0.5) is 0 Å². The molecule has 3 aromatic carbocycles. The molecule has 33 heavy (non-hydrogen) atoms. The smallest absolute Gasteiger partial charge is 0.242 e. The Hall–Kier alpha value is -2.76. The fourth-order valence-corrected chi connectivity index (χ4v) is 4.86. The number of halogens is 1. The number of thioether (sulfide) groups is 1. The molecule has 0 aliphatic rings. The van der Waals surface area contributed by atoms with Gasteiger partial charge in [0.15, 0.2) is 0 Å². The molecule has 0 radical (unpaired) electrons. The monoisotopic (exact) mass is 480 g/mol. The molecule has 0 aromatic heterocycles. The quantitative estimate of drug-likeness (QED) is 0.430. The summed E-state index contributed by atoms with van der Waals surface area (Å²) in [6.45, 7) is 2.39. The van der Waals surface area contributed by atoms with Gasteiger partial charge in [-0.05, 0) is 41.3 Å². The second-order valence-electron chi connectivity index (χ2n) is 7.89. The molecule has 6 heteroatoms. The zero-order chi connectivity index (χ0) is 23.6. The topological polar surface area (TPSA) is 49.4 Å². The number of nitrogens with one attached hydrogen (secondary N) is 1. The van der Waals surface area contributed by atoms with E-state index in [1.54, 1.807) is 29.8 Å². The van der Waals surface area contributed by atoms with Crippen molar-refractivity contribution in [3.63, 3.8) is 0 Å². The Kier molecular flexibility index (Phi) is 9.40. The van der Waals surface area contributed by atoms with Crippen molar-refractivity contribution in [1.29, 1.82) is 0 Å². The highest BCUT2D eigenvalue weighted by Crippen LogP contribution is 2.21. The third kappa shape index (κ3) is 7.37. The third-order valence-corrected chi connectivity index (χ3v) is 6.71. The van der Waals surface area contributed by atoms with E-state index in [1.165, 1.54) is 11.1 Å². The average molecular weight is 481 g/mol. The van der Waals surface area contributed by atoms with Crippen molar-refractivity contribution in [3.8, 4) is 0 Å². The van der Waals surface area contributed by atoms with E-state index in [0.29, 0.717) is 18.0 Å². The lowest BCUT2D eigenvalue weighted by molar-refractivity contribution is -0.139. The van der Waals surface area contributed by atoms with Crippen LogP contribution in [0.5, 0.6) is 0 Å². The number of hydrogen-bond acceptors (Lipinski definition) is 3. The standard InChI is InChI=1S/C27H29ClN2O2S/c1-20-9-6-7-13-23(20)18-33-19-26(31)30(17-22-12-8-14-24(28)15-22)25(27(32)29-2)16-21-10-4-3-5-11-21/h3-15,25H,16-19H2,1-2H3,(H,29,32)/t25-/m0/s1. The molecule has 0 fully saturated rings. The number of rotatable bonds is 10. The maximum atomic E-state index is 13.5. The van der Waals surface area contributed by atoms with Crippen molar-refractivity contribution in [3.05, 3.63) is 106 Å². The van der Waals surface area contributed by atoms with Crippen LogP contribution in [0.2, 0.25) is 5.02 Å². The van der Waals surface area contributed by atoms with Gasteiger partial charge in [-0.3, -0.25) is 9.59 Å². The molecule has 0 aliphatic heterocycles. The molecule has 0 saturated heterocycles. The number of carbonyl (C=O) groups excluding carboxylic acids is 2. The predicted octanol–water partition coefficient (Wildman–Crippen LogP) is 5.27. The Morgan fingerprint density at radius 2 is 1.67 bits per heavy atom. The van der Waals surface area contributed by atoms with E-state index >= 15 is 0 Å².